The normalized spacial score (nSPS) is 17.5. The molecule has 0 saturated carbocycles. The van der Waals surface area contributed by atoms with Crippen molar-refractivity contribution in [2.24, 2.45) is 0 Å². The molecule has 1 amide bonds. The molecule has 30 heavy (non-hydrogen) atoms. The maximum absolute atomic E-state index is 11.0. The number of benzene rings is 2. The molecular formula is C23H30N2O5. The first-order valence-electron chi connectivity index (χ1n) is 10.1. The Hall–Kier alpha value is -2.77. The van der Waals surface area contributed by atoms with Crippen molar-refractivity contribution < 1.29 is 23.8 Å². The summed E-state index contributed by atoms with van der Waals surface area (Å²) >= 11 is 0. The van der Waals surface area contributed by atoms with E-state index in [0.29, 0.717) is 13.2 Å². The molecule has 2 N–H and O–H groups in total. The van der Waals surface area contributed by atoms with E-state index in [4.69, 9.17) is 14.2 Å². The number of hydrogen-bond acceptors (Lipinski definition) is 6. The average Bonchev–Trinajstić information content (AvgIpc) is 3.55. The van der Waals surface area contributed by atoms with Crippen LogP contribution in [-0.4, -0.2) is 38.2 Å². The monoisotopic (exact) mass is 414 g/mol. The third kappa shape index (κ3) is 6.37. The Morgan fingerprint density at radius 3 is 2.00 bits per heavy atom. The third-order valence-electron chi connectivity index (χ3n) is 4.85. The minimum atomic E-state index is -0.384. The van der Waals surface area contributed by atoms with Crippen LogP contribution in [0.2, 0.25) is 0 Å². The van der Waals surface area contributed by atoms with Crippen molar-refractivity contribution in [1.29, 1.82) is 0 Å². The van der Waals surface area contributed by atoms with Gasteiger partial charge in [0.15, 0.2) is 6.10 Å². The molecule has 2 fully saturated rings. The molecule has 7 nitrogen and oxygen atoms in total. The second kappa shape index (κ2) is 9.82. The van der Waals surface area contributed by atoms with E-state index in [9.17, 15) is 4.79 Å². The quantitative estimate of drug-likeness (QED) is 0.670. The highest BCUT2D eigenvalue weighted by atomic mass is 16.8. The van der Waals surface area contributed by atoms with Crippen molar-refractivity contribution in [2.75, 3.05) is 19.9 Å². The second-order valence-corrected chi connectivity index (χ2v) is 7.99. The molecule has 1 unspecified atom stereocenters. The van der Waals surface area contributed by atoms with Gasteiger partial charge in [-0.1, -0.05) is 38.1 Å². The highest BCUT2D eigenvalue weighted by Gasteiger charge is 2.24. The number of ether oxygens (including phenoxy) is 3. The van der Waals surface area contributed by atoms with Crippen LogP contribution in [0.3, 0.4) is 0 Å². The first-order valence-corrected chi connectivity index (χ1v) is 10.1. The van der Waals surface area contributed by atoms with E-state index in [1.165, 1.54) is 11.1 Å². The number of hydroxylamine groups is 1. The summed E-state index contributed by atoms with van der Waals surface area (Å²) in [6.07, 6.45) is -0.453. The van der Waals surface area contributed by atoms with Crippen molar-refractivity contribution in [2.45, 2.75) is 45.3 Å². The molecule has 162 valence electrons. The fraction of sp³-hybridized carbons (Fsp3) is 0.435. The molecule has 0 aromatic heterocycles. The molecule has 7 heteroatoms. The average molecular weight is 415 g/mol. The van der Waals surface area contributed by atoms with Gasteiger partial charge in [0.25, 0.3) is 0 Å². The Labute approximate surface area is 177 Å². The maximum Gasteiger partial charge on any atom is 0.407 e. The summed E-state index contributed by atoms with van der Waals surface area (Å²) in [4.78, 5) is 15.3. The highest BCUT2D eigenvalue weighted by molar-refractivity contribution is 5.69. The SMILES string of the molecule is C1NO1.CC(C)Oc1ccc(C(C)(C)c2ccc(OCC3CNC(=O)O3)cc2)cc1. The fourth-order valence-corrected chi connectivity index (χ4v) is 3.07. The van der Waals surface area contributed by atoms with Gasteiger partial charge in [-0.3, -0.25) is 4.84 Å². The first-order chi connectivity index (χ1) is 14.3. The minimum absolute atomic E-state index is 0.139. The lowest BCUT2D eigenvalue weighted by atomic mass is 9.78. The standard InChI is InChI=1S/C22H27NO4.CH3NO/c1-15(2)26-19-11-7-17(8-12-19)22(3,4)16-5-9-18(10-6-16)25-14-20-13-23-21(24)27-20;1-2-3-1/h5-12,15,20H,13-14H2,1-4H3,(H,23,24);2H,1H2. The molecule has 2 aromatic rings. The summed E-state index contributed by atoms with van der Waals surface area (Å²) in [6.45, 7) is 10.0. The van der Waals surface area contributed by atoms with E-state index < -0.39 is 0 Å². The predicted molar refractivity (Wildman–Crippen MR) is 114 cm³/mol. The third-order valence-corrected chi connectivity index (χ3v) is 4.85. The van der Waals surface area contributed by atoms with Gasteiger partial charge in [-0.25, -0.2) is 4.79 Å². The lowest BCUT2D eigenvalue weighted by Crippen LogP contribution is -2.22. The van der Waals surface area contributed by atoms with E-state index in [1.807, 2.05) is 38.1 Å². The van der Waals surface area contributed by atoms with Gasteiger partial charge in [-0.05, 0) is 49.2 Å². The number of carbonyl (C=O) groups excluding carboxylic acids is 1. The van der Waals surface area contributed by atoms with Crippen LogP contribution in [0.1, 0.15) is 38.8 Å². The molecule has 2 saturated heterocycles. The molecule has 2 aromatic carbocycles. The van der Waals surface area contributed by atoms with Crippen molar-refractivity contribution in [1.82, 2.24) is 10.8 Å². The van der Waals surface area contributed by atoms with Crippen LogP contribution in [0, 0.1) is 0 Å². The molecule has 2 aliphatic rings. The Morgan fingerprint density at radius 1 is 1.03 bits per heavy atom. The number of cyclic esters (lactones) is 1. The van der Waals surface area contributed by atoms with Crippen molar-refractivity contribution in [3.05, 3.63) is 59.7 Å². The summed E-state index contributed by atoms with van der Waals surface area (Å²) in [6, 6.07) is 16.3. The lowest BCUT2D eigenvalue weighted by molar-refractivity contribution is 0.105. The van der Waals surface area contributed by atoms with Crippen LogP contribution in [0.25, 0.3) is 0 Å². The molecular weight excluding hydrogens is 384 g/mol. The molecule has 4 rings (SSSR count). The van der Waals surface area contributed by atoms with Gasteiger partial charge in [-0.15, -0.1) is 0 Å². The summed E-state index contributed by atoms with van der Waals surface area (Å²) in [5, 5.41) is 2.62. The first kappa shape index (κ1) is 21.9. The smallest absolute Gasteiger partial charge is 0.407 e. The number of alkyl carbamates (subject to hydrolysis) is 1. The highest BCUT2D eigenvalue weighted by Crippen LogP contribution is 2.33. The van der Waals surface area contributed by atoms with Crippen LogP contribution >= 0.6 is 0 Å². The van der Waals surface area contributed by atoms with Gasteiger partial charge in [0, 0.05) is 5.41 Å². The van der Waals surface area contributed by atoms with E-state index in [2.05, 4.69) is 53.7 Å². The van der Waals surface area contributed by atoms with E-state index in [-0.39, 0.29) is 23.7 Å². The summed E-state index contributed by atoms with van der Waals surface area (Å²) in [5.74, 6) is 1.65. The molecule has 0 bridgehead atoms. The fourth-order valence-electron chi connectivity index (χ4n) is 3.07. The number of hydrogen-bond donors (Lipinski definition) is 2. The number of rotatable bonds is 7. The second-order valence-electron chi connectivity index (χ2n) is 7.99. The molecule has 0 radical (unpaired) electrons. The van der Waals surface area contributed by atoms with Gasteiger partial charge in [0.1, 0.15) is 24.8 Å². The lowest BCUT2D eigenvalue weighted by Gasteiger charge is -2.26. The van der Waals surface area contributed by atoms with Crippen LogP contribution in [-0.2, 0) is 15.0 Å². The Bertz CT molecular complexity index is 814. The van der Waals surface area contributed by atoms with Crippen molar-refractivity contribution >= 4 is 6.09 Å². The Kier molecular flexibility index (Phi) is 7.18. The number of carbonyl (C=O) groups is 1. The Balaban J connectivity index is 0.000000782. The van der Waals surface area contributed by atoms with Crippen molar-refractivity contribution in [3.8, 4) is 11.5 Å². The molecule has 0 aliphatic carbocycles. The van der Waals surface area contributed by atoms with Gasteiger partial charge in [-0.2, -0.15) is 5.48 Å². The van der Waals surface area contributed by atoms with Gasteiger partial charge in [0.2, 0.25) is 0 Å². The zero-order valence-corrected chi connectivity index (χ0v) is 17.9. The zero-order valence-electron chi connectivity index (χ0n) is 17.9. The maximum atomic E-state index is 11.0. The molecule has 2 aliphatic heterocycles. The zero-order chi connectivity index (χ0) is 21.6. The molecule has 2 heterocycles. The summed E-state index contributed by atoms with van der Waals surface area (Å²) < 4.78 is 16.5. The van der Waals surface area contributed by atoms with E-state index >= 15 is 0 Å². The minimum Gasteiger partial charge on any atom is -0.491 e. The van der Waals surface area contributed by atoms with Gasteiger partial charge in [0.05, 0.1) is 12.6 Å². The molecule has 0 spiro atoms. The van der Waals surface area contributed by atoms with E-state index in [1.54, 1.807) is 0 Å². The topological polar surface area (TPSA) is 91.3 Å². The summed E-state index contributed by atoms with van der Waals surface area (Å²) in [7, 11) is 0. The van der Waals surface area contributed by atoms with Gasteiger partial charge < -0.3 is 19.5 Å². The van der Waals surface area contributed by atoms with Crippen LogP contribution in [0.4, 0.5) is 4.79 Å². The van der Waals surface area contributed by atoms with Crippen LogP contribution < -0.4 is 20.3 Å². The van der Waals surface area contributed by atoms with Crippen molar-refractivity contribution in [3.63, 3.8) is 0 Å². The predicted octanol–water partition coefficient (Wildman–Crippen LogP) is 3.77. The van der Waals surface area contributed by atoms with Crippen LogP contribution in [0.5, 0.6) is 11.5 Å². The van der Waals surface area contributed by atoms with E-state index in [0.717, 1.165) is 18.2 Å². The largest absolute Gasteiger partial charge is 0.491 e. The number of nitrogens with one attached hydrogen (secondary N) is 2. The summed E-state index contributed by atoms with van der Waals surface area (Å²) in [5.41, 5.74) is 4.78. The van der Waals surface area contributed by atoms with Gasteiger partial charge >= 0.3 is 6.09 Å². The number of amides is 1. The molecule has 1 atom stereocenters. The van der Waals surface area contributed by atoms with Crippen LogP contribution in [0.15, 0.2) is 48.5 Å². The Morgan fingerprint density at radius 2 is 1.57 bits per heavy atom.